The molecule has 0 aromatic carbocycles. The first-order valence-corrected chi connectivity index (χ1v) is 5.16. The molecule has 0 atom stereocenters. The van der Waals surface area contributed by atoms with Gasteiger partial charge in [0.1, 0.15) is 17.0 Å². The third-order valence-electron chi connectivity index (χ3n) is 1.55. The number of aromatic nitrogens is 2. The number of methoxy groups -OCH3 is 1. The summed E-state index contributed by atoms with van der Waals surface area (Å²) in [4.78, 5) is 7.89. The summed E-state index contributed by atoms with van der Waals surface area (Å²) in [6.07, 6.45) is 2.13. The first-order chi connectivity index (χ1) is 6.79. The summed E-state index contributed by atoms with van der Waals surface area (Å²) in [7, 11) is 1.51. The number of nitrogens with two attached hydrogens (primary N) is 1. The summed E-state index contributed by atoms with van der Waals surface area (Å²) in [5.41, 5.74) is 6.20. The quantitative estimate of drug-likeness (QED) is 0.424. The smallest absolute Gasteiger partial charge is 0.241 e. The monoisotopic (exact) mass is 215 g/mol. The Labute approximate surface area is 86.7 Å². The highest BCUT2D eigenvalue weighted by molar-refractivity contribution is 7.99. The van der Waals surface area contributed by atoms with Crippen molar-refractivity contribution in [3.8, 4) is 5.88 Å². The number of anilines is 1. The van der Waals surface area contributed by atoms with E-state index in [4.69, 9.17) is 15.6 Å². The summed E-state index contributed by atoms with van der Waals surface area (Å²) in [6, 6.07) is 0. The molecule has 5 nitrogen and oxygen atoms in total. The zero-order chi connectivity index (χ0) is 10.4. The predicted octanol–water partition coefficient (Wildman–Crippen LogP) is 0.542. The lowest BCUT2D eigenvalue weighted by Crippen LogP contribution is -1.99. The van der Waals surface area contributed by atoms with Gasteiger partial charge in [0.15, 0.2) is 0 Å². The van der Waals surface area contributed by atoms with Crippen LogP contribution < -0.4 is 10.5 Å². The first-order valence-electron chi connectivity index (χ1n) is 4.17. The van der Waals surface area contributed by atoms with E-state index in [0.717, 1.165) is 12.2 Å². The van der Waals surface area contributed by atoms with E-state index < -0.39 is 0 Å². The molecule has 1 aromatic heterocycles. The predicted molar refractivity (Wildman–Crippen MR) is 55.4 cm³/mol. The minimum atomic E-state index is 0.176. The van der Waals surface area contributed by atoms with Gasteiger partial charge in [-0.1, -0.05) is 0 Å². The van der Waals surface area contributed by atoms with Crippen molar-refractivity contribution in [2.45, 2.75) is 11.4 Å². The summed E-state index contributed by atoms with van der Waals surface area (Å²) < 4.78 is 4.95. The Morgan fingerprint density at radius 3 is 3.00 bits per heavy atom. The van der Waals surface area contributed by atoms with Crippen LogP contribution in [0.5, 0.6) is 5.88 Å². The molecular formula is C8H13N3O2S. The van der Waals surface area contributed by atoms with E-state index in [1.807, 2.05) is 0 Å². The Morgan fingerprint density at radius 1 is 1.57 bits per heavy atom. The number of aliphatic hydroxyl groups is 1. The molecular weight excluding hydrogens is 202 g/mol. The molecule has 0 fully saturated rings. The molecule has 14 heavy (non-hydrogen) atoms. The lowest BCUT2D eigenvalue weighted by Gasteiger charge is -2.06. The molecule has 3 N–H and O–H groups in total. The molecule has 1 rings (SSSR count). The van der Waals surface area contributed by atoms with E-state index in [2.05, 4.69) is 9.97 Å². The number of aliphatic hydroxyl groups excluding tert-OH is 1. The zero-order valence-corrected chi connectivity index (χ0v) is 8.75. The molecule has 0 aliphatic heterocycles. The number of hydrogen-bond acceptors (Lipinski definition) is 6. The summed E-state index contributed by atoms with van der Waals surface area (Å²) in [5.74, 6) is 1.17. The Bertz CT molecular complexity index is 296. The van der Waals surface area contributed by atoms with Crippen molar-refractivity contribution in [1.29, 1.82) is 0 Å². The van der Waals surface area contributed by atoms with Crippen LogP contribution in [-0.2, 0) is 0 Å². The van der Waals surface area contributed by atoms with Gasteiger partial charge in [0.25, 0.3) is 0 Å². The van der Waals surface area contributed by atoms with Gasteiger partial charge in [0, 0.05) is 12.4 Å². The van der Waals surface area contributed by atoms with Crippen LogP contribution in [-0.4, -0.2) is 34.5 Å². The van der Waals surface area contributed by atoms with E-state index in [1.165, 1.54) is 25.2 Å². The Morgan fingerprint density at radius 2 is 2.36 bits per heavy atom. The van der Waals surface area contributed by atoms with Crippen molar-refractivity contribution in [1.82, 2.24) is 9.97 Å². The standard InChI is InChI=1S/C8H13N3O2S/c1-13-7-6(9)8(11-5-10-7)14-4-2-3-12/h5,12H,2-4,9H2,1H3. The second-order valence-electron chi connectivity index (χ2n) is 2.53. The van der Waals surface area contributed by atoms with Crippen molar-refractivity contribution in [2.75, 3.05) is 25.2 Å². The number of thioether (sulfide) groups is 1. The maximum absolute atomic E-state index is 8.61. The number of hydrogen-bond donors (Lipinski definition) is 2. The van der Waals surface area contributed by atoms with Crippen LogP contribution in [0.4, 0.5) is 5.69 Å². The molecule has 0 radical (unpaired) electrons. The van der Waals surface area contributed by atoms with E-state index in [9.17, 15) is 0 Å². The Hall–Kier alpha value is -1.01. The van der Waals surface area contributed by atoms with E-state index in [-0.39, 0.29) is 6.61 Å². The minimum Gasteiger partial charge on any atom is -0.479 e. The van der Waals surface area contributed by atoms with E-state index >= 15 is 0 Å². The molecule has 78 valence electrons. The summed E-state index contributed by atoms with van der Waals surface area (Å²) in [6.45, 7) is 0.176. The SMILES string of the molecule is COc1ncnc(SCCCO)c1N. The highest BCUT2D eigenvalue weighted by Crippen LogP contribution is 2.28. The second-order valence-corrected chi connectivity index (χ2v) is 3.61. The van der Waals surface area contributed by atoms with Gasteiger partial charge in [-0.05, 0) is 6.42 Å². The largest absolute Gasteiger partial charge is 0.479 e. The average molecular weight is 215 g/mol. The number of rotatable bonds is 5. The zero-order valence-electron chi connectivity index (χ0n) is 7.93. The van der Waals surface area contributed by atoms with Crippen LogP contribution in [0.3, 0.4) is 0 Å². The third-order valence-corrected chi connectivity index (χ3v) is 2.64. The van der Waals surface area contributed by atoms with Crippen LogP contribution in [0.25, 0.3) is 0 Å². The van der Waals surface area contributed by atoms with Gasteiger partial charge < -0.3 is 15.6 Å². The molecule has 0 bridgehead atoms. The Kier molecular flexibility index (Phi) is 4.48. The first kappa shape index (κ1) is 11.1. The van der Waals surface area contributed by atoms with Crippen molar-refractivity contribution in [2.24, 2.45) is 0 Å². The van der Waals surface area contributed by atoms with Gasteiger partial charge in [0.2, 0.25) is 5.88 Å². The van der Waals surface area contributed by atoms with Gasteiger partial charge in [-0.25, -0.2) is 4.98 Å². The molecule has 1 aromatic rings. The molecule has 0 saturated heterocycles. The Balaban J connectivity index is 2.66. The van der Waals surface area contributed by atoms with Crippen molar-refractivity contribution >= 4 is 17.4 Å². The maximum Gasteiger partial charge on any atom is 0.241 e. The minimum absolute atomic E-state index is 0.176. The fourth-order valence-electron chi connectivity index (χ4n) is 0.875. The van der Waals surface area contributed by atoms with Crippen molar-refractivity contribution in [3.05, 3.63) is 6.33 Å². The molecule has 1 heterocycles. The topological polar surface area (TPSA) is 81.3 Å². The molecule has 0 amide bonds. The highest BCUT2D eigenvalue weighted by atomic mass is 32.2. The molecule has 0 saturated carbocycles. The van der Waals surface area contributed by atoms with Gasteiger partial charge in [-0.2, -0.15) is 4.98 Å². The fraction of sp³-hybridized carbons (Fsp3) is 0.500. The van der Waals surface area contributed by atoms with Gasteiger partial charge in [-0.3, -0.25) is 0 Å². The van der Waals surface area contributed by atoms with Crippen LogP contribution in [0.1, 0.15) is 6.42 Å². The van der Waals surface area contributed by atoms with Crippen molar-refractivity contribution < 1.29 is 9.84 Å². The van der Waals surface area contributed by atoms with Crippen LogP contribution in [0, 0.1) is 0 Å². The summed E-state index contributed by atoms with van der Waals surface area (Å²) >= 11 is 1.49. The van der Waals surface area contributed by atoms with Crippen molar-refractivity contribution in [3.63, 3.8) is 0 Å². The van der Waals surface area contributed by atoms with Crippen LogP contribution >= 0.6 is 11.8 Å². The van der Waals surface area contributed by atoms with Crippen LogP contribution in [0.2, 0.25) is 0 Å². The van der Waals surface area contributed by atoms with Gasteiger partial charge in [-0.15, -0.1) is 11.8 Å². The van der Waals surface area contributed by atoms with Gasteiger partial charge in [0.05, 0.1) is 7.11 Å². The maximum atomic E-state index is 8.61. The normalized spacial score (nSPS) is 10.1. The second kappa shape index (κ2) is 5.66. The molecule has 0 aliphatic rings. The number of nitrogens with zero attached hydrogens (tertiary/aromatic N) is 2. The van der Waals surface area contributed by atoms with E-state index in [0.29, 0.717) is 16.6 Å². The average Bonchev–Trinajstić information content (AvgIpc) is 2.21. The highest BCUT2D eigenvalue weighted by Gasteiger charge is 2.07. The van der Waals surface area contributed by atoms with Crippen LogP contribution in [0.15, 0.2) is 11.4 Å². The lowest BCUT2D eigenvalue weighted by atomic mass is 10.5. The lowest BCUT2D eigenvalue weighted by molar-refractivity contribution is 0.296. The van der Waals surface area contributed by atoms with E-state index in [1.54, 1.807) is 0 Å². The van der Waals surface area contributed by atoms with Gasteiger partial charge >= 0.3 is 0 Å². The third kappa shape index (κ3) is 2.74. The molecule has 6 heteroatoms. The molecule has 0 aliphatic carbocycles. The molecule has 0 spiro atoms. The molecule has 0 unspecified atom stereocenters. The number of ether oxygens (including phenoxy) is 1. The number of nitrogen functional groups attached to an aromatic ring is 1. The fourth-order valence-corrected chi connectivity index (χ4v) is 1.71. The summed E-state index contributed by atoms with van der Waals surface area (Å²) in [5, 5.41) is 9.31.